The summed E-state index contributed by atoms with van der Waals surface area (Å²) in [6.45, 7) is 0. The van der Waals surface area contributed by atoms with Crippen molar-refractivity contribution in [3.8, 4) is 5.75 Å². The second-order valence-corrected chi connectivity index (χ2v) is 6.96. The molecule has 122 valence electrons. The molecule has 0 aromatic heterocycles. The van der Waals surface area contributed by atoms with Crippen LogP contribution in [0.25, 0.3) is 0 Å². The van der Waals surface area contributed by atoms with Crippen molar-refractivity contribution in [1.29, 1.82) is 0 Å². The van der Waals surface area contributed by atoms with Gasteiger partial charge in [0.1, 0.15) is 5.75 Å². The van der Waals surface area contributed by atoms with E-state index in [0.717, 1.165) is 17.0 Å². The van der Waals surface area contributed by atoms with E-state index in [1.54, 1.807) is 24.3 Å². The number of rotatable bonds is 6. The van der Waals surface area contributed by atoms with Crippen LogP contribution in [0, 0.1) is 10.1 Å². The van der Waals surface area contributed by atoms with Crippen molar-refractivity contribution in [3.05, 3.63) is 52.6 Å². The number of benzene rings is 2. The third-order valence-electron chi connectivity index (χ3n) is 2.99. The second kappa shape index (κ2) is 6.88. The molecule has 2 rings (SSSR count). The molecule has 0 atom stereocenters. The van der Waals surface area contributed by atoms with Gasteiger partial charge in [-0.05, 0) is 42.7 Å². The minimum atomic E-state index is -4.09. The number of sulfonamides is 1. The molecule has 0 unspecified atom stereocenters. The average Bonchev–Trinajstić information content (AvgIpc) is 2.54. The van der Waals surface area contributed by atoms with Crippen molar-refractivity contribution in [2.24, 2.45) is 0 Å². The summed E-state index contributed by atoms with van der Waals surface area (Å²) >= 11 is 1.52. The molecule has 23 heavy (non-hydrogen) atoms. The molecule has 2 aromatic rings. The lowest BCUT2D eigenvalue weighted by atomic mass is 10.3. The van der Waals surface area contributed by atoms with E-state index < -0.39 is 25.5 Å². The maximum atomic E-state index is 12.4. The van der Waals surface area contributed by atoms with Gasteiger partial charge in [-0.2, -0.15) is 0 Å². The van der Waals surface area contributed by atoms with Gasteiger partial charge in [0.25, 0.3) is 15.7 Å². The Labute approximate surface area is 137 Å². The molecule has 7 nitrogen and oxygen atoms in total. The van der Waals surface area contributed by atoms with Gasteiger partial charge in [-0.25, -0.2) is 8.42 Å². The normalized spacial score (nSPS) is 11.0. The van der Waals surface area contributed by atoms with E-state index in [4.69, 9.17) is 4.74 Å². The molecule has 1 N–H and O–H groups in total. The number of ether oxygens (including phenoxy) is 1. The fourth-order valence-corrected chi connectivity index (χ4v) is 3.48. The highest BCUT2D eigenvalue weighted by molar-refractivity contribution is 7.98. The molecule has 2 aromatic carbocycles. The third-order valence-corrected chi connectivity index (χ3v) is 5.17. The Bertz CT molecular complexity index is 820. The van der Waals surface area contributed by atoms with Crippen molar-refractivity contribution in [2.75, 3.05) is 18.1 Å². The van der Waals surface area contributed by atoms with Gasteiger partial charge in [-0.1, -0.05) is 0 Å². The summed E-state index contributed by atoms with van der Waals surface area (Å²) in [5, 5.41) is 11.1. The fourth-order valence-electron chi connectivity index (χ4n) is 1.86. The smallest absolute Gasteiger partial charge is 0.293 e. The maximum absolute atomic E-state index is 12.4. The first-order valence-electron chi connectivity index (χ1n) is 6.36. The van der Waals surface area contributed by atoms with Crippen LogP contribution in [0.2, 0.25) is 0 Å². The van der Waals surface area contributed by atoms with Gasteiger partial charge in [-0.3, -0.25) is 14.8 Å². The van der Waals surface area contributed by atoms with Gasteiger partial charge in [0.15, 0.2) is 4.90 Å². The number of thioether (sulfide) groups is 1. The third kappa shape index (κ3) is 3.93. The molecule has 0 heterocycles. The van der Waals surface area contributed by atoms with E-state index >= 15 is 0 Å². The van der Waals surface area contributed by atoms with Gasteiger partial charge >= 0.3 is 0 Å². The molecule has 0 amide bonds. The lowest BCUT2D eigenvalue weighted by molar-refractivity contribution is -0.387. The molecule has 0 saturated heterocycles. The summed E-state index contributed by atoms with van der Waals surface area (Å²) in [7, 11) is -2.74. The summed E-state index contributed by atoms with van der Waals surface area (Å²) < 4.78 is 32.1. The molecular weight excluding hydrogens is 340 g/mol. The molecule has 0 radical (unpaired) electrons. The van der Waals surface area contributed by atoms with Crippen LogP contribution < -0.4 is 9.46 Å². The van der Waals surface area contributed by atoms with Crippen LogP contribution in [0.4, 0.5) is 11.4 Å². The van der Waals surface area contributed by atoms with E-state index in [-0.39, 0.29) is 5.75 Å². The highest BCUT2D eigenvalue weighted by atomic mass is 32.2. The maximum Gasteiger partial charge on any atom is 0.293 e. The van der Waals surface area contributed by atoms with Crippen molar-refractivity contribution in [3.63, 3.8) is 0 Å². The van der Waals surface area contributed by atoms with Crippen LogP contribution in [0.3, 0.4) is 0 Å². The number of nitrogens with one attached hydrogen (secondary N) is 1. The van der Waals surface area contributed by atoms with E-state index in [2.05, 4.69) is 4.72 Å². The SMILES string of the molecule is COc1ccc(S(=O)(=O)Nc2ccc(SC)cc2)c([N+](=O)[O-])c1. The second-order valence-electron chi connectivity index (χ2n) is 4.42. The zero-order valence-corrected chi connectivity index (χ0v) is 14.0. The summed E-state index contributed by atoms with van der Waals surface area (Å²) in [4.78, 5) is 10.9. The Hall–Kier alpha value is -2.26. The highest BCUT2D eigenvalue weighted by Crippen LogP contribution is 2.30. The van der Waals surface area contributed by atoms with E-state index in [9.17, 15) is 18.5 Å². The molecule has 9 heteroatoms. The number of nitrogens with zero attached hydrogens (tertiary/aromatic N) is 1. The number of nitro groups is 1. The number of hydrogen-bond donors (Lipinski definition) is 1. The number of methoxy groups -OCH3 is 1. The first-order valence-corrected chi connectivity index (χ1v) is 9.07. The summed E-state index contributed by atoms with van der Waals surface area (Å²) in [5.74, 6) is 0.208. The Kier molecular flexibility index (Phi) is 5.12. The van der Waals surface area contributed by atoms with Gasteiger partial charge in [0.05, 0.1) is 18.1 Å². The lowest BCUT2D eigenvalue weighted by Gasteiger charge is -2.10. The van der Waals surface area contributed by atoms with Gasteiger partial charge in [-0.15, -0.1) is 11.8 Å². The summed E-state index contributed by atoms with van der Waals surface area (Å²) in [6, 6.07) is 10.3. The zero-order chi connectivity index (χ0) is 17.0. The largest absolute Gasteiger partial charge is 0.497 e. The first kappa shape index (κ1) is 17.1. The van der Waals surface area contributed by atoms with E-state index in [0.29, 0.717) is 5.69 Å². The fraction of sp³-hybridized carbons (Fsp3) is 0.143. The minimum absolute atomic E-state index is 0.208. The first-order chi connectivity index (χ1) is 10.9. The Morgan fingerprint density at radius 1 is 1.17 bits per heavy atom. The van der Waals surface area contributed by atoms with Crippen LogP contribution >= 0.6 is 11.8 Å². The standard InChI is InChI=1S/C14H14N2O5S2/c1-21-11-5-8-14(13(9-11)16(17)18)23(19,20)15-10-3-6-12(22-2)7-4-10/h3-9,15H,1-2H3. The summed E-state index contributed by atoms with van der Waals surface area (Å²) in [5.41, 5.74) is -0.217. The highest BCUT2D eigenvalue weighted by Gasteiger charge is 2.26. The lowest BCUT2D eigenvalue weighted by Crippen LogP contribution is -2.14. The molecule has 0 aliphatic rings. The van der Waals surface area contributed by atoms with Crippen LogP contribution in [-0.4, -0.2) is 26.7 Å². The zero-order valence-electron chi connectivity index (χ0n) is 12.3. The van der Waals surface area contributed by atoms with Crippen molar-refractivity contribution in [1.82, 2.24) is 0 Å². The summed E-state index contributed by atoms with van der Waals surface area (Å²) in [6.07, 6.45) is 1.90. The van der Waals surface area contributed by atoms with Gasteiger partial charge in [0, 0.05) is 10.6 Å². The predicted molar refractivity (Wildman–Crippen MR) is 88.7 cm³/mol. The van der Waals surface area contributed by atoms with E-state index in [1.807, 2.05) is 6.26 Å². The van der Waals surface area contributed by atoms with Crippen LogP contribution in [-0.2, 0) is 10.0 Å². The van der Waals surface area contributed by atoms with Gasteiger partial charge in [0.2, 0.25) is 0 Å². The molecule has 0 spiro atoms. The van der Waals surface area contributed by atoms with E-state index in [1.165, 1.54) is 24.9 Å². The monoisotopic (exact) mass is 354 g/mol. The number of anilines is 1. The number of hydrogen-bond acceptors (Lipinski definition) is 6. The van der Waals surface area contributed by atoms with Crippen LogP contribution in [0.5, 0.6) is 5.75 Å². The van der Waals surface area contributed by atoms with Crippen molar-refractivity contribution in [2.45, 2.75) is 9.79 Å². The molecule has 0 aliphatic carbocycles. The van der Waals surface area contributed by atoms with Crippen molar-refractivity contribution >= 4 is 33.2 Å². The topological polar surface area (TPSA) is 98.5 Å². The Morgan fingerprint density at radius 3 is 2.35 bits per heavy atom. The average molecular weight is 354 g/mol. The molecule has 0 fully saturated rings. The van der Waals surface area contributed by atoms with Crippen LogP contribution in [0.15, 0.2) is 52.3 Å². The molecule has 0 saturated carbocycles. The minimum Gasteiger partial charge on any atom is -0.497 e. The van der Waals surface area contributed by atoms with Gasteiger partial charge < -0.3 is 4.74 Å². The van der Waals surface area contributed by atoms with Crippen molar-refractivity contribution < 1.29 is 18.1 Å². The predicted octanol–water partition coefficient (Wildman–Crippen LogP) is 3.13. The Morgan fingerprint density at radius 2 is 1.83 bits per heavy atom. The molecule has 0 aliphatic heterocycles. The molecular formula is C14H14N2O5S2. The number of nitro benzene ring substituents is 1. The quantitative estimate of drug-likeness (QED) is 0.486. The Balaban J connectivity index is 2.40. The molecule has 0 bridgehead atoms. The van der Waals surface area contributed by atoms with Crippen LogP contribution in [0.1, 0.15) is 0 Å².